The minimum absolute atomic E-state index is 1.15. The number of anilines is 3. The van der Waals surface area contributed by atoms with Crippen molar-refractivity contribution in [3.8, 4) is 11.1 Å². The molecular weight excluding hydrogens is 591 g/mol. The van der Waals surface area contributed by atoms with E-state index < -0.39 is 0 Å². The molecule has 0 aliphatic rings. The van der Waals surface area contributed by atoms with Gasteiger partial charge in [-0.3, -0.25) is 0 Å². The highest BCUT2D eigenvalue weighted by molar-refractivity contribution is 6.25. The van der Waals surface area contributed by atoms with E-state index in [1.807, 2.05) is 0 Å². The summed E-state index contributed by atoms with van der Waals surface area (Å²) in [6.07, 6.45) is 0. The molecule has 0 fully saturated rings. The molecule has 0 radical (unpaired) electrons. The zero-order valence-corrected chi connectivity index (χ0v) is 26.7. The summed E-state index contributed by atoms with van der Waals surface area (Å²) in [4.78, 5) is 2.49. The third kappa shape index (κ3) is 3.87. The molecule has 0 spiro atoms. The Bertz CT molecular complexity index is 2770. The zero-order valence-electron chi connectivity index (χ0n) is 26.7. The standard InChI is InChI=1S/C48H29N/c1-2-8-30(9-3-1)41-24-25-44(43-15-5-4-14-42(41)43)49(39-26-35-20-16-31-10-6-11-32-17-21-36(27-39)47(35)45(31)32)40-28-37-22-18-33-12-7-13-34-19-23-38(29-40)48(37)46(33)34/h1-29H. The second-order valence-electron chi connectivity index (χ2n) is 13.3. The molecule has 1 heteroatoms. The number of hydrogen-bond acceptors (Lipinski definition) is 1. The first-order chi connectivity index (χ1) is 24.3. The zero-order chi connectivity index (χ0) is 32.1. The summed E-state index contributed by atoms with van der Waals surface area (Å²) < 4.78 is 0. The van der Waals surface area contributed by atoms with Crippen LogP contribution in [0.1, 0.15) is 0 Å². The summed E-state index contributed by atoms with van der Waals surface area (Å²) in [5.74, 6) is 0. The Hall–Kier alpha value is -6.44. The number of fused-ring (bicyclic) bond motifs is 1. The Balaban J connectivity index is 1.23. The summed E-state index contributed by atoms with van der Waals surface area (Å²) in [6.45, 7) is 0. The first-order valence-corrected chi connectivity index (χ1v) is 17.0. The van der Waals surface area contributed by atoms with E-state index in [0.717, 1.165) is 17.1 Å². The minimum atomic E-state index is 1.15. The molecular formula is C48H29N. The monoisotopic (exact) mass is 619 g/mol. The van der Waals surface area contributed by atoms with Crippen molar-refractivity contribution in [2.45, 2.75) is 0 Å². The van der Waals surface area contributed by atoms with Gasteiger partial charge in [-0.2, -0.15) is 0 Å². The van der Waals surface area contributed by atoms with Gasteiger partial charge in [0.2, 0.25) is 0 Å². The Morgan fingerprint density at radius 3 is 1.18 bits per heavy atom. The van der Waals surface area contributed by atoms with Crippen LogP contribution in [0, 0.1) is 0 Å². The van der Waals surface area contributed by atoms with Gasteiger partial charge in [0, 0.05) is 16.8 Å². The second kappa shape index (κ2) is 10.0. The van der Waals surface area contributed by atoms with Crippen LogP contribution in [0.2, 0.25) is 0 Å². The Morgan fingerprint density at radius 1 is 0.286 bits per heavy atom. The SMILES string of the molecule is c1ccc(-c2ccc(N(c3cc4ccc5cccc6ccc(c3)c4c56)c3cc4ccc5cccc6ccc(c3)c4c56)c3ccccc23)cc1. The van der Waals surface area contributed by atoms with Gasteiger partial charge in [0.1, 0.15) is 0 Å². The summed E-state index contributed by atoms with van der Waals surface area (Å²) in [5.41, 5.74) is 5.93. The maximum atomic E-state index is 2.49. The fourth-order valence-electron chi connectivity index (χ4n) is 8.51. The van der Waals surface area contributed by atoms with Crippen LogP contribution < -0.4 is 4.90 Å². The molecule has 11 aromatic carbocycles. The molecule has 0 aliphatic heterocycles. The molecule has 1 nitrogen and oxygen atoms in total. The predicted octanol–water partition coefficient (Wildman–Crippen LogP) is 13.8. The van der Waals surface area contributed by atoms with Crippen molar-refractivity contribution in [2.24, 2.45) is 0 Å². The molecule has 0 bridgehead atoms. The molecule has 226 valence electrons. The lowest BCUT2D eigenvalue weighted by Gasteiger charge is -2.29. The van der Waals surface area contributed by atoms with E-state index >= 15 is 0 Å². The third-order valence-electron chi connectivity index (χ3n) is 10.6. The van der Waals surface area contributed by atoms with Crippen molar-refractivity contribution in [3.05, 3.63) is 176 Å². The Morgan fingerprint density at radius 2 is 0.694 bits per heavy atom. The highest BCUT2D eigenvalue weighted by Gasteiger charge is 2.21. The van der Waals surface area contributed by atoms with Gasteiger partial charge >= 0.3 is 0 Å². The lowest BCUT2D eigenvalue weighted by molar-refractivity contribution is 1.32. The van der Waals surface area contributed by atoms with Crippen molar-refractivity contribution in [1.29, 1.82) is 0 Å². The van der Waals surface area contributed by atoms with E-state index in [9.17, 15) is 0 Å². The highest BCUT2D eigenvalue weighted by Crippen LogP contribution is 2.47. The van der Waals surface area contributed by atoms with Crippen LogP contribution in [0.5, 0.6) is 0 Å². The van der Waals surface area contributed by atoms with Gasteiger partial charge in [-0.1, -0.05) is 146 Å². The van der Waals surface area contributed by atoms with Crippen LogP contribution in [0.3, 0.4) is 0 Å². The number of hydrogen-bond donors (Lipinski definition) is 0. The molecule has 0 unspecified atom stereocenters. The molecule has 11 rings (SSSR count). The first-order valence-electron chi connectivity index (χ1n) is 17.0. The van der Waals surface area contributed by atoms with Gasteiger partial charge < -0.3 is 4.90 Å². The molecule has 0 N–H and O–H groups in total. The van der Waals surface area contributed by atoms with Crippen molar-refractivity contribution in [3.63, 3.8) is 0 Å². The molecule has 49 heavy (non-hydrogen) atoms. The van der Waals surface area contributed by atoms with E-state index in [0.29, 0.717) is 0 Å². The normalized spacial score (nSPS) is 12.1. The maximum absolute atomic E-state index is 2.49. The minimum Gasteiger partial charge on any atom is -0.310 e. The van der Waals surface area contributed by atoms with Crippen LogP contribution in [0.4, 0.5) is 17.1 Å². The van der Waals surface area contributed by atoms with Gasteiger partial charge in [0.05, 0.1) is 5.69 Å². The Kier molecular flexibility index (Phi) is 5.45. The van der Waals surface area contributed by atoms with E-state index in [1.165, 1.54) is 86.5 Å². The second-order valence-corrected chi connectivity index (χ2v) is 13.3. The topological polar surface area (TPSA) is 3.24 Å². The lowest BCUT2D eigenvalue weighted by Crippen LogP contribution is -2.11. The lowest BCUT2D eigenvalue weighted by atomic mass is 9.92. The number of rotatable bonds is 4. The molecule has 0 aliphatic carbocycles. The van der Waals surface area contributed by atoms with Gasteiger partial charge in [-0.15, -0.1) is 0 Å². The molecule has 0 aromatic heterocycles. The molecule has 0 saturated carbocycles. The molecule has 0 atom stereocenters. The fraction of sp³-hybridized carbons (Fsp3) is 0. The summed E-state index contributed by atoms with van der Waals surface area (Å²) in [5, 5.41) is 18.0. The fourth-order valence-corrected chi connectivity index (χ4v) is 8.51. The van der Waals surface area contributed by atoms with Gasteiger partial charge in [-0.05, 0) is 111 Å². The average Bonchev–Trinajstić information content (AvgIpc) is 3.16. The average molecular weight is 620 g/mol. The summed E-state index contributed by atoms with van der Waals surface area (Å²) in [6, 6.07) is 65.3. The summed E-state index contributed by atoms with van der Waals surface area (Å²) in [7, 11) is 0. The van der Waals surface area contributed by atoms with Gasteiger partial charge in [0.25, 0.3) is 0 Å². The van der Waals surface area contributed by atoms with Crippen LogP contribution in [0.15, 0.2) is 176 Å². The largest absolute Gasteiger partial charge is 0.310 e. The van der Waals surface area contributed by atoms with Crippen molar-refractivity contribution in [1.82, 2.24) is 0 Å². The van der Waals surface area contributed by atoms with E-state index in [2.05, 4.69) is 181 Å². The molecule has 11 aromatic rings. The van der Waals surface area contributed by atoms with Crippen LogP contribution >= 0.6 is 0 Å². The van der Waals surface area contributed by atoms with Gasteiger partial charge in [-0.25, -0.2) is 0 Å². The van der Waals surface area contributed by atoms with Crippen molar-refractivity contribution >= 4 is 92.5 Å². The van der Waals surface area contributed by atoms with E-state index in [-0.39, 0.29) is 0 Å². The first kappa shape index (κ1) is 26.6. The quantitative estimate of drug-likeness (QED) is 0.177. The molecule has 0 heterocycles. The number of benzene rings is 11. The molecule has 0 saturated heterocycles. The molecule has 0 amide bonds. The van der Waals surface area contributed by atoms with Gasteiger partial charge in [0.15, 0.2) is 0 Å². The van der Waals surface area contributed by atoms with Crippen LogP contribution in [-0.2, 0) is 0 Å². The van der Waals surface area contributed by atoms with E-state index in [4.69, 9.17) is 0 Å². The van der Waals surface area contributed by atoms with Crippen molar-refractivity contribution in [2.75, 3.05) is 4.90 Å². The number of nitrogens with zero attached hydrogens (tertiary/aromatic N) is 1. The highest BCUT2D eigenvalue weighted by atomic mass is 15.1. The third-order valence-corrected chi connectivity index (χ3v) is 10.6. The van der Waals surface area contributed by atoms with Crippen molar-refractivity contribution < 1.29 is 0 Å². The van der Waals surface area contributed by atoms with E-state index in [1.54, 1.807) is 0 Å². The summed E-state index contributed by atoms with van der Waals surface area (Å²) >= 11 is 0. The van der Waals surface area contributed by atoms with Crippen LogP contribution in [0.25, 0.3) is 86.5 Å². The predicted molar refractivity (Wildman–Crippen MR) is 211 cm³/mol. The maximum Gasteiger partial charge on any atom is 0.0540 e. The van der Waals surface area contributed by atoms with Crippen LogP contribution in [-0.4, -0.2) is 0 Å². The Labute approximate surface area is 283 Å². The smallest absolute Gasteiger partial charge is 0.0540 e.